The van der Waals surface area contributed by atoms with Crippen LogP contribution in [0.15, 0.2) is 24.3 Å². The van der Waals surface area contributed by atoms with E-state index >= 15 is 0 Å². The van der Waals surface area contributed by atoms with Crippen molar-refractivity contribution < 1.29 is 10.1 Å². The van der Waals surface area contributed by atoms with E-state index in [0.29, 0.717) is 6.61 Å². The maximum absolute atomic E-state index is 5.30. The summed E-state index contributed by atoms with van der Waals surface area (Å²) in [5.41, 5.74) is 1.22. The van der Waals surface area contributed by atoms with Gasteiger partial charge in [0.15, 0.2) is 0 Å². The van der Waals surface area contributed by atoms with Crippen molar-refractivity contribution in [2.75, 3.05) is 6.61 Å². The van der Waals surface area contributed by atoms with Gasteiger partial charge in [0.2, 0.25) is 0 Å². The van der Waals surface area contributed by atoms with E-state index in [2.05, 4.69) is 12.4 Å². The molecule has 0 heterocycles. The molecule has 0 bridgehead atoms. The van der Waals surface area contributed by atoms with E-state index in [1.807, 2.05) is 31.2 Å². The zero-order chi connectivity index (χ0) is 8.81. The highest BCUT2D eigenvalue weighted by Gasteiger charge is 1.94. The highest BCUT2D eigenvalue weighted by molar-refractivity contribution is 5.26. The minimum atomic E-state index is 0.715. The van der Waals surface area contributed by atoms with Gasteiger partial charge in [-0.05, 0) is 31.2 Å². The Kier molecular flexibility index (Phi) is 3.61. The molecule has 0 spiro atoms. The maximum atomic E-state index is 5.30. The largest absolute Gasteiger partial charge is 0.494 e. The summed E-state index contributed by atoms with van der Waals surface area (Å²) in [7, 11) is 3.56. The first-order valence-electron chi connectivity index (χ1n) is 4.08. The molecule has 2 nitrogen and oxygen atoms in total. The summed E-state index contributed by atoms with van der Waals surface area (Å²) < 4.78 is 5.30. The molecule has 0 fully saturated rings. The number of nitrogens with one attached hydrogen (secondary N) is 1. The van der Waals surface area contributed by atoms with Gasteiger partial charge in [-0.15, -0.1) is 7.05 Å². The molecule has 1 rings (SSSR count). The number of hydrogen-bond donors (Lipinski definition) is 1. The highest BCUT2D eigenvalue weighted by Crippen LogP contribution is 2.10. The zero-order valence-electron chi connectivity index (χ0n) is 7.34. The predicted molar refractivity (Wildman–Crippen MR) is 47.6 cm³/mol. The third kappa shape index (κ3) is 2.55. The van der Waals surface area contributed by atoms with Crippen LogP contribution >= 0.6 is 0 Å². The van der Waals surface area contributed by atoms with Crippen LogP contribution in [0, 0.1) is 7.05 Å². The van der Waals surface area contributed by atoms with Gasteiger partial charge in [-0.3, -0.25) is 0 Å². The van der Waals surface area contributed by atoms with Gasteiger partial charge in [-0.2, -0.15) is 0 Å². The predicted octanol–water partition coefficient (Wildman–Crippen LogP) is 0.726. The Hall–Kier alpha value is -1.02. The fraction of sp³-hybridized carbons (Fsp3) is 0.300. The monoisotopic (exact) mass is 164 g/mol. The molecular weight excluding hydrogens is 150 g/mol. The molecular formula is C10H14NO. The van der Waals surface area contributed by atoms with Crippen molar-refractivity contribution in [3.05, 3.63) is 36.9 Å². The molecule has 0 unspecified atom stereocenters. The third-order valence-corrected chi connectivity index (χ3v) is 1.56. The van der Waals surface area contributed by atoms with Crippen molar-refractivity contribution in [2.45, 2.75) is 13.5 Å². The van der Waals surface area contributed by atoms with Gasteiger partial charge in [0, 0.05) is 5.56 Å². The van der Waals surface area contributed by atoms with Crippen molar-refractivity contribution in [1.82, 2.24) is 0 Å². The van der Waals surface area contributed by atoms with Crippen LogP contribution < -0.4 is 10.1 Å². The van der Waals surface area contributed by atoms with Crippen molar-refractivity contribution in [1.29, 1.82) is 0 Å². The lowest BCUT2D eigenvalue weighted by Crippen LogP contribution is -2.74. The molecule has 0 atom stereocenters. The summed E-state index contributed by atoms with van der Waals surface area (Å²) >= 11 is 0. The molecule has 2 heteroatoms. The third-order valence-electron chi connectivity index (χ3n) is 1.56. The molecule has 0 aliphatic rings. The van der Waals surface area contributed by atoms with Gasteiger partial charge in [0.25, 0.3) is 0 Å². The lowest BCUT2D eigenvalue weighted by atomic mass is 10.2. The molecule has 12 heavy (non-hydrogen) atoms. The number of rotatable bonds is 4. The lowest BCUT2D eigenvalue weighted by molar-refractivity contribution is -0.612. The van der Waals surface area contributed by atoms with Crippen LogP contribution in [0.25, 0.3) is 0 Å². The second-order valence-corrected chi connectivity index (χ2v) is 2.50. The first-order chi connectivity index (χ1) is 5.86. The molecule has 65 valence electrons. The van der Waals surface area contributed by atoms with E-state index in [9.17, 15) is 0 Å². The van der Waals surface area contributed by atoms with Crippen LogP contribution in [0.4, 0.5) is 0 Å². The lowest BCUT2D eigenvalue weighted by Gasteiger charge is -2.02. The van der Waals surface area contributed by atoms with Gasteiger partial charge in [0.1, 0.15) is 12.3 Å². The van der Waals surface area contributed by atoms with Crippen LogP contribution in [0.3, 0.4) is 0 Å². The Morgan fingerprint density at radius 1 is 1.33 bits per heavy atom. The Bertz CT molecular complexity index is 193. The average molecular weight is 164 g/mol. The molecule has 0 aromatic heterocycles. The average Bonchev–Trinajstić information content (AvgIpc) is 2.09. The van der Waals surface area contributed by atoms with Crippen molar-refractivity contribution >= 4 is 0 Å². The van der Waals surface area contributed by atoms with Crippen molar-refractivity contribution in [2.24, 2.45) is 0 Å². The minimum absolute atomic E-state index is 0.715. The van der Waals surface area contributed by atoms with Crippen LogP contribution in [0.5, 0.6) is 5.75 Å². The summed E-state index contributed by atoms with van der Waals surface area (Å²) in [5.74, 6) is 0.922. The van der Waals surface area contributed by atoms with E-state index in [-0.39, 0.29) is 0 Å². The topological polar surface area (TPSA) is 24.8 Å². The molecule has 1 radical (unpaired) electrons. The number of benzene rings is 1. The van der Waals surface area contributed by atoms with Crippen LogP contribution in [-0.2, 0) is 6.54 Å². The van der Waals surface area contributed by atoms with E-state index in [0.717, 1.165) is 12.3 Å². The quantitative estimate of drug-likeness (QED) is 0.652. The summed E-state index contributed by atoms with van der Waals surface area (Å²) in [6.07, 6.45) is 0. The maximum Gasteiger partial charge on any atom is 0.119 e. The molecule has 0 saturated carbocycles. The zero-order valence-corrected chi connectivity index (χ0v) is 7.34. The molecule has 1 aromatic carbocycles. The molecule has 0 aliphatic heterocycles. The number of ether oxygens (including phenoxy) is 1. The second-order valence-electron chi connectivity index (χ2n) is 2.50. The van der Waals surface area contributed by atoms with Gasteiger partial charge < -0.3 is 10.1 Å². The molecule has 0 aliphatic carbocycles. The smallest absolute Gasteiger partial charge is 0.119 e. The molecule has 0 saturated heterocycles. The SMILES string of the molecule is [CH2-][NH+]Cc1ccc(OCC)cc1. The van der Waals surface area contributed by atoms with Crippen molar-refractivity contribution in [3.8, 4) is 5.75 Å². The Morgan fingerprint density at radius 3 is 2.50 bits per heavy atom. The Labute approximate surface area is 73.6 Å². The number of hydrogen-bond acceptors (Lipinski definition) is 2. The Balaban J connectivity index is 2.58. The van der Waals surface area contributed by atoms with Crippen molar-refractivity contribution in [3.63, 3.8) is 0 Å². The van der Waals surface area contributed by atoms with E-state index in [4.69, 9.17) is 4.74 Å². The van der Waals surface area contributed by atoms with Gasteiger partial charge in [0.05, 0.1) is 6.61 Å². The summed E-state index contributed by atoms with van der Waals surface area (Å²) in [6, 6.07) is 8.00. The molecule has 1 aromatic rings. The normalized spacial score (nSPS) is 9.83. The van der Waals surface area contributed by atoms with E-state index in [1.54, 1.807) is 0 Å². The Morgan fingerprint density at radius 2 is 2.00 bits per heavy atom. The standard InChI is InChI=1S/C10H14NO/c1-3-12-10-6-4-9(5-7-10)8-11-2/h4-7,11H,2-3,8H2,1H3. The summed E-state index contributed by atoms with van der Waals surface area (Å²) in [4.78, 5) is 0. The van der Waals surface area contributed by atoms with Gasteiger partial charge >= 0.3 is 0 Å². The second kappa shape index (κ2) is 4.78. The molecule has 0 amide bonds. The summed E-state index contributed by atoms with van der Waals surface area (Å²) in [6.45, 7) is 3.49. The van der Waals surface area contributed by atoms with Crippen LogP contribution in [0.1, 0.15) is 12.5 Å². The van der Waals surface area contributed by atoms with Crippen LogP contribution in [-0.4, -0.2) is 6.61 Å². The summed E-state index contributed by atoms with van der Waals surface area (Å²) in [5, 5.41) is 2.84. The van der Waals surface area contributed by atoms with E-state index < -0.39 is 0 Å². The fourth-order valence-electron chi connectivity index (χ4n) is 1.01. The van der Waals surface area contributed by atoms with E-state index in [1.165, 1.54) is 5.56 Å². The first-order valence-corrected chi connectivity index (χ1v) is 4.08. The minimum Gasteiger partial charge on any atom is -0.494 e. The fourth-order valence-corrected chi connectivity index (χ4v) is 1.01. The molecule has 1 N–H and O–H groups in total. The van der Waals surface area contributed by atoms with Gasteiger partial charge in [-0.1, -0.05) is 0 Å². The van der Waals surface area contributed by atoms with Crippen LogP contribution in [0.2, 0.25) is 0 Å². The van der Waals surface area contributed by atoms with Gasteiger partial charge in [-0.25, -0.2) is 0 Å². The first kappa shape index (κ1) is 9.07. The highest BCUT2D eigenvalue weighted by atomic mass is 16.5.